The van der Waals surface area contributed by atoms with Gasteiger partial charge in [-0.05, 0) is 26.3 Å². The van der Waals surface area contributed by atoms with Crippen molar-refractivity contribution < 1.29 is 14.3 Å². The third kappa shape index (κ3) is 3.51. The van der Waals surface area contributed by atoms with E-state index in [9.17, 15) is 9.59 Å². The number of hydrogen-bond acceptors (Lipinski definition) is 4. The molecule has 0 bridgehead atoms. The van der Waals surface area contributed by atoms with Gasteiger partial charge in [-0.2, -0.15) is 0 Å². The van der Waals surface area contributed by atoms with E-state index in [0.29, 0.717) is 6.54 Å². The van der Waals surface area contributed by atoms with Gasteiger partial charge in [0, 0.05) is 6.54 Å². The van der Waals surface area contributed by atoms with Crippen molar-refractivity contribution in [1.82, 2.24) is 10.6 Å². The van der Waals surface area contributed by atoms with E-state index in [4.69, 9.17) is 0 Å². The zero-order valence-electron chi connectivity index (χ0n) is 9.21. The fraction of sp³-hybridized carbons (Fsp3) is 0.800. The Balaban J connectivity index is 2.36. The van der Waals surface area contributed by atoms with E-state index in [1.54, 1.807) is 6.92 Å². The van der Waals surface area contributed by atoms with Crippen LogP contribution < -0.4 is 10.6 Å². The van der Waals surface area contributed by atoms with Crippen molar-refractivity contribution in [2.24, 2.45) is 5.92 Å². The number of methoxy groups -OCH3 is 1. The molecule has 0 aliphatic carbocycles. The first-order valence-corrected chi connectivity index (χ1v) is 5.24. The van der Waals surface area contributed by atoms with Crippen LogP contribution in [0.4, 0.5) is 0 Å². The summed E-state index contributed by atoms with van der Waals surface area (Å²) in [5, 5.41) is 5.80. The van der Waals surface area contributed by atoms with Crippen molar-refractivity contribution >= 4 is 11.9 Å². The van der Waals surface area contributed by atoms with Crippen LogP contribution in [-0.4, -0.2) is 38.1 Å². The molecule has 1 heterocycles. The van der Waals surface area contributed by atoms with E-state index in [1.807, 2.05) is 0 Å². The third-order valence-corrected chi connectivity index (χ3v) is 2.58. The minimum absolute atomic E-state index is 0.0224. The Morgan fingerprint density at radius 2 is 2.27 bits per heavy atom. The lowest BCUT2D eigenvalue weighted by Gasteiger charge is -2.23. The smallest absolute Gasteiger partial charge is 0.328 e. The summed E-state index contributed by atoms with van der Waals surface area (Å²) in [6.07, 6.45) is 1.89. The summed E-state index contributed by atoms with van der Waals surface area (Å²) < 4.78 is 4.53. The van der Waals surface area contributed by atoms with Crippen LogP contribution in [0.25, 0.3) is 0 Å². The van der Waals surface area contributed by atoms with Gasteiger partial charge in [0.15, 0.2) is 0 Å². The van der Waals surface area contributed by atoms with Gasteiger partial charge in [0.25, 0.3) is 0 Å². The Morgan fingerprint density at radius 3 is 2.80 bits per heavy atom. The molecular weight excluding hydrogens is 196 g/mol. The number of rotatable bonds is 3. The van der Waals surface area contributed by atoms with Gasteiger partial charge < -0.3 is 15.4 Å². The van der Waals surface area contributed by atoms with Crippen molar-refractivity contribution in [3.05, 3.63) is 0 Å². The van der Waals surface area contributed by atoms with Gasteiger partial charge in [-0.15, -0.1) is 0 Å². The SMILES string of the molecule is COC(=O)C(C)NC(=O)C1CCCNC1. The van der Waals surface area contributed by atoms with Crippen LogP contribution in [0.15, 0.2) is 0 Å². The van der Waals surface area contributed by atoms with Gasteiger partial charge in [0.05, 0.1) is 13.0 Å². The number of ether oxygens (including phenoxy) is 1. The molecule has 86 valence electrons. The summed E-state index contributed by atoms with van der Waals surface area (Å²) in [5.74, 6) is -0.502. The normalized spacial score (nSPS) is 22.9. The second-order valence-corrected chi connectivity index (χ2v) is 3.80. The van der Waals surface area contributed by atoms with Crippen LogP contribution in [0.2, 0.25) is 0 Å². The van der Waals surface area contributed by atoms with E-state index in [2.05, 4.69) is 15.4 Å². The molecule has 0 aromatic rings. The van der Waals surface area contributed by atoms with E-state index in [1.165, 1.54) is 7.11 Å². The summed E-state index contributed by atoms with van der Waals surface area (Å²) >= 11 is 0. The predicted molar refractivity (Wildman–Crippen MR) is 55.2 cm³/mol. The van der Waals surface area contributed by atoms with Gasteiger partial charge in [0.1, 0.15) is 6.04 Å². The molecule has 0 saturated carbocycles. The van der Waals surface area contributed by atoms with Crippen molar-refractivity contribution in [3.63, 3.8) is 0 Å². The second kappa shape index (κ2) is 5.70. The summed E-state index contributed by atoms with van der Waals surface area (Å²) in [6, 6.07) is -0.565. The lowest BCUT2D eigenvalue weighted by molar-refractivity contribution is -0.145. The quantitative estimate of drug-likeness (QED) is 0.631. The number of hydrogen-bond donors (Lipinski definition) is 2. The molecule has 1 rings (SSSR count). The molecule has 0 aromatic heterocycles. The van der Waals surface area contributed by atoms with Gasteiger partial charge in [0.2, 0.25) is 5.91 Å². The highest BCUT2D eigenvalue weighted by atomic mass is 16.5. The van der Waals surface area contributed by atoms with Gasteiger partial charge in [-0.1, -0.05) is 0 Å². The third-order valence-electron chi connectivity index (χ3n) is 2.58. The molecule has 0 aromatic carbocycles. The first-order chi connectivity index (χ1) is 7.15. The fourth-order valence-corrected chi connectivity index (χ4v) is 1.64. The Labute approximate surface area is 89.6 Å². The van der Waals surface area contributed by atoms with E-state index >= 15 is 0 Å². The van der Waals surface area contributed by atoms with Crippen molar-refractivity contribution in [2.75, 3.05) is 20.2 Å². The van der Waals surface area contributed by atoms with Crippen molar-refractivity contribution in [2.45, 2.75) is 25.8 Å². The Bertz CT molecular complexity index is 237. The molecule has 1 fully saturated rings. The van der Waals surface area contributed by atoms with E-state index < -0.39 is 12.0 Å². The first-order valence-electron chi connectivity index (χ1n) is 5.24. The molecule has 0 spiro atoms. The molecule has 1 saturated heterocycles. The standard InChI is InChI=1S/C10H18N2O3/c1-7(10(14)15-2)12-9(13)8-4-3-5-11-6-8/h7-8,11H,3-6H2,1-2H3,(H,12,13). The van der Waals surface area contributed by atoms with Crippen molar-refractivity contribution in [1.29, 1.82) is 0 Å². The molecule has 2 atom stereocenters. The molecule has 1 aliphatic heterocycles. The van der Waals surface area contributed by atoms with Crippen LogP contribution in [0.1, 0.15) is 19.8 Å². The van der Waals surface area contributed by atoms with Gasteiger partial charge in [-0.25, -0.2) is 4.79 Å². The maximum atomic E-state index is 11.7. The van der Waals surface area contributed by atoms with Crippen LogP contribution in [0.3, 0.4) is 0 Å². The Morgan fingerprint density at radius 1 is 1.53 bits per heavy atom. The van der Waals surface area contributed by atoms with Crippen LogP contribution in [0, 0.1) is 5.92 Å². The topological polar surface area (TPSA) is 67.4 Å². The predicted octanol–water partition coefficient (Wildman–Crippen LogP) is -0.336. The van der Waals surface area contributed by atoms with Crippen molar-refractivity contribution in [3.8, 4) is 0 Å². The van der Waals surface area contributed by atoms with E-state index in [-0.39, 0.29) is 11.8 Å². The molecule has 1 amide bonds. The zero-order valence-corrected chi connectivity index (χ0v) is 9.21. The maximum Gasteiger partial charge on any atom is 0.328 e. The largest absolute Gasteiger partial charge is 0.467 e. The minimum Gasteiger partial charge on any atom is -0.467 e. The number of amides is 1. The van der Waals surface area contributed by atoms with Gasteiger partial charge in [-0.3, -0.25) is 4.79 Å². The number of carbonyl (C=O) groups is 2. The number of carbonyl (C=O) groups excluding carboxylic acids is 2. The molecule has 2 unspecified atom stereocenters. The molecule has 0 radical (unpaired) electrons. The first kappa shape index (κ1) is 12.0. The second-order valence-electron chi connectivity index (χ2n) is 3.80. The summed E-state index contributed by atoms with van der Waals surface area (Å²) in [4.78, 5) is 22.7. The monoisotopic (exact) mass is 214 g/mol. The van der Waals surface area contributed by atoms with E-state index in [0.717, 1.165) is 19.4 Å². The fourth-order valence-electron chi connectivity index (χ4n) is 1.64. The van der Waals surface area contributed by atoms with Gasteiger partial charge >= 0.3 is 5.97 Å². The summed E-state index contributed by atoms with van der Waals surface area (Å²) in [5.41, 5.74) is 0. The molecule has 5 heteroatoms. The Kier molecular flexibility index (Phi) is 4.55. The lowest BCUT2D eigenvalue weighted by atomic mass is 9.98. The molecule has 15 heavy (non-hydrogen) atoms. The number of nitrogens with one attached hydrogen (secondary N) is 2. The molecule has 5 nitrogen and oxygen atoms in total. The Hall–Kier alpha value is -1.10. The number of piperidine rings is 1. The van der Waals surface area contributed by atoms with Crippen LogP contribution in [0.5, 0.6) is 0 Å². The molecule has 1 aliphatic rings. The van der Waals surface area contributed by atoms with Crippen LogP contribution in [-0.2, 0) is 14.3 Å². The maximum absolute atomic E-state index is 11.7. The minimum atomic E-state index is -0.565. The average molecular weight is 214 g/mol. The van der Waals surface area contributed by atoms with Crippen LogP contribution >= 0.6 is 0 Å². The summed E-state index contributed by atoms with van der Waals surface area (Å²) in [7, 11) is 1.31. The molecular formula is C10H18N2O3. The highest BCUT2D eigenvalue weighted by Crippen LogP contribution is 2.09. The molecule has 2 N–H and O–H groups in total. The number of esters is 1. The highest BCUT2D eigenvalue weighted by molar-refractivity contribution is 5.85. The lowest BCUT2D eigenvalue weighted by Crippen LogP contribution is -2.46. The summed E-state index contributed by atoms with van der Waals surface area (Å²) in [6.45, 7) is 3.29. The average Bonchev–Trinajstić information content (AvgIpc) is 2.29. The highest BCUT2D eigenvalue weighted by Gasteiger charge is 2.24. The zero-order chi connectivity index (χ0) is 11.3.